The van der Waals surface area contributed by atoms with Crippen molar-refractivity contribution in [2.75, 3.05) is 0 Å². The third-order valence-electron chi connectivity index (χ3n) is 5.45. The van der Waals surface area contributed by atoms with E-state index in [0.29, 0.717) is 5.92 Å². The predicted octanol–water partition coefficient (Wildman–Crippen LogP) is 3.04. The predicted molar refractivity (Wildman–Crippen MR) is 72.9 cm³/mol. The van der Waals surface area contributed by atoms with Gasteiger partial charge in [0.2, 0.25) is 0 Å². The van der Waals surface area contributed by atoms with Crippen LogP contribution in [0.2, 0.25) is 0 Å². The van der Waals surface area contributed by atoms with Crippen molar-refractivity contribution in [1.82, 2.24) is 4.98 Å². The van der Waals surface area contributed by atoms with Crippen molar-refractivity contribution < 1.29 is 5.11 Å². The summed E-state index contributed by atoms with van der Waals surface area (Å²) in [5, 5.41) is 10.4. The van der Waals surface area contributed by atoms with Crippen LogP contribution in [0.4, 0.5) is 0 Å². The minimum absolute atomic E-state index is 0.169. The van der Waals surface area contributed by atoms with Crippen LogP contribution in [0.1, 0.15) is 25.0 Å². The van der Waals surface area contributed by atoms with Crippen molar-refractivity contribution in [2.24, 2.45) is 29.6 Å². The van der Waals surface area contributed by atoms with Crippen LogP contribution in [-0.2, 0) is 6.42 Å². The van der Waals surface area contributed by atoms with Crippen molar-refractivity contribution in [2.45, 2.75) is 31.8 Å². The molecule has 0 spiro atoms. The fraction of sp³-hybridized carbons (Fsp3) is 0.667. The minimum atomic E-state index is -0.169. The summed E-state index contributed by atoms with van der Waals surface area (Å²) < 4.78 is 1.00. The normalized spacial score (nSPS) is 41.8. The molecular formula is C15H18BrNO. The lowest BCUT2D eigenvalue weighted by molar-refractivity contribution is 0.127. The van der Waals surface area contributed by atoms with Gasteiger partial charge in [-0.15, -0.1) is 0 Å². The van der Waals surface area contributed by atoms with Crippen molar-refractivity contribution in [3.8, 4) is 0 Å². The summed E-state index contributed by atoms with van der Waals surface area (Å²) in [6, 6.07) is 4.02. The van der Waals surface area contributed by atoms with Crippen LogP contribution in [-0.4, -0.2) is 16.2 Å². The molecule has 96 valence electrons. The molecule has 5 unspecified atom stereocenters. The van der Waals surface area contributed by atoms with Gasteiger partial charge in [0.1, 0.15) is 0 Å². The third-order valence-corrected chi connectivity index (χ3v) is 5.92. The molecule has 5 atom stereocenters. The molecule has 3 fully saturated rings. The molecule has 1 aromatic heterocycles. The lowest BCUT2D eigenvalue weighted by atomic mass is 9.96. The summed E-state index contributed by atoms with van der Waals surface area (Å²) in [4.78, 5) is 4.37. The lowest BCUT2D eigenvalue weighted by Crippen LogP contribution is -2.19. The van der Waals surface area contributed by atoms with Crippen molar-refractivity contribution >= 4 is 15.9 Å². The molecule has 1 N–H and O–H groups in total. The number of halogens is 1. The number of hydrogen-bond acceptors (Lipinski definition) is 2. The van der Waals surface area contributed by atoms with Crippen molar-refractivity contribution in [3.63, 3.8) is 0 Å². The molecule has 0 saturated heterocycles. The van der Waals surface area contributed by atoms with Crippen LogP contribution in [0.5, 0.6) is 0 Å². The fourth-order valence-electron chi connectivity index (χ4n) is 4.78. The molecule has 0 aliphatic heterocycles. The van der Waals surface area contributed by atoms with Gasteiger partial charge in [0.05, 0.1) is 6.10 Å². The molecule has 18 heavy (non-hydrogen) atoms. The maximum atomic E-state index is 10.4. The van der Waals surface area contributed by atoms with Gasteiger partial charge in [-0.1, -0.05) is 0 Å². The highest BCUT2D eigenvalue weighted by atomic mass is 79.9. The molecule has 2 bridgehead atoms. The van der Waals surface area contributed by atoms with Crippen molar-refractivity contribution in [1.29, 1.82) is 0 Å². The Morgan fingerprint density at radius 1 is 1.28 bits per heavy atom. The van der Waals surface area contributed by atoms with Crippen molar-refractivity contribution in [3.05, 3.63) is 28.5 Å². The Morgan fingerprint density at radius 3 is 2.61 bits per heavy atom. The second-order valence-electron chi connectivity index (χ2n) is 6.30. The van der Waals surface area contributed by atoms with Crippen LogP contribution in [0.25, 0.3) is 0 Å². The number of hydrogen-bond donors (Lipinski definition) is 1. The minimum Gasteiger partial charge on any atom is -0.392 e. The summed E-state index contributed by atoms with van der Waals surface area (Å²) in [5.74, 6) is 4.18. The van der Waals surface area contributed by atoms with Gasteiger partial charge in [0.15, 0.2) is 0 Å². The number of fused-ring (bicyclic) bond motifs is 5. The van der Waals surface area contributed by atoms with Crippen LogP contribution in [0.15, 0.2) is 22.8 Å². The molecule has 0 radical (unpaired) electrons. The first kappa shape index (κ1) is 11.4. The second kappa shape index (κ2) is 4.04. The topological polar surface area (TPSA) is 33.1 Å². The molecule has 3 saturated carbocycles. The molecule has 4 rings (SSSR count). The maximum Gasteiger partial charge on any atom is 0.0629 e. The molecule has 3 aliphatic carbocycles. The summed E-state index contributed by atoms with van der Waals surface area (Å²) in [6.45, 7) is 0. The molecule has 0 amide bonds. The second-order valence-corrected chi connectivity index (χ2v) is 7.22. The summed E-state index contributed by atoms with van der Waals surface area (Å²) >= 11 is 3.39. The average molecular weight is 308 g/mol. The number of rotatable bonds is 3. The van der Waals surface area contributed by atoms with Crippen LogP contribution >= 0.6 is 15.9 Å². The molecule has 3 heteroatoms. The van der Waals surface area contributed by atoms with E-state index in [1.165, 1.54) is 19.3 Å². The van der Waals surface area contributed by atoms with E-state index in [1.54, 1.807) is 0 Å². The van der Waals surface area contributed by atoms with E-state index in [9.17, 15) is 5.11 Å². The van der Waals surface area contributed by atoms with Gasteiger partial charge >= 0.3 is 0 Å². The van der Waals surface area contributed by atoms with Gasteiger partial charge in [0, 0.05) is 22.8 Å². The van der Waals surface area contributed by atoms with Gasteiger partial charge in [0.25, 0.3) is 0 Å². The Balaban J connectivity index is 1.43. The van der Waals surface area contributed by atoms with Gasteiger partial charge in [-0.3, -0.25) is 4.98 Å². The Labute approximate surface area is 116 Å². The Kier molecular flexibility index (Phi) is 2.56. The first-order valence-corrected chi connectivity index (χ1v) is 7.82. The summed E-state index contributed by atoms with van der Waals surface area (Å²) in [7, 11) is 0. The largest absolute Gasteiger partial charge is 0.392 e. The molecule has 0 aromatic carbocycles. The first-order chi connectivity index (χ1) is 8.74. The number of aliphatic hydroxyl groups excluding tert-OH is 1. The first-order valence-electron chi connectivity index (χ1n) is 7.02. The number of nitrogens with zero attached hydrogens (tertiary/aromatic N) is 1. The smallest absolute Gasteiger partial charge is 0.0629 e. The zero-order valence-electron chi connectivity index (χ0n) is 10.3. The van der Waals surface area contributed by atoms with Gasteiger partial charge in [-0.2, -0.15) is 0 Å². The van der Waals surface area contributed by atoms with E-state index in [-0.39, 0.29) is 6.10 Å². The fourth-order valence-corrected chi connectivity index (χ4v) is 5.02. The monoisotopic (exact) mass is 307 g/mol. The highest BCUT2D eigenvalue weighted by Gasteiger charge is 2.66. The van der Waals surface area contributed by atoms with E-state index < -0.39 is 0 Å². The van der Waals surface area contributed by atoms with E-state index in [0.717, 1.165) is 40.3 Å². The quantitative estimate of drug-likeness (QED) is 0.931. The standard InChI is InChI=1S/C15H18BrNO/c16-10-3-4-11(17-7-10)6-12(18)15-13-8-1-2-9(5-8)14(13)15/h3-4,7-9,12-15,18H,1-2,5-6H2. The van der Waals surface area contributed by atoms with Gasteiger partial charge in [-0.05, 0) is 76.9 Å². The van der Waals surface area contributed by atoms with E-state index >= 15 is 0 Å². The maximum absolute atomic E-state index is 10.4. The number of pyridine rings is 1. The van der Waals surface area contributed by atoms with Gasteiger partial charge in [-0.25, -0.2) is 0 Å². The van der Waals surface area contributed by atoms with Crippen LogP contribution < -0.4 is 0 Å². The average Bonchev–Trinajstić information content (AvgIpc) is 2.82. The zero-order valence-corrected chi connectivity index (χ0v) is 11.9. The molecule has 1 heterocycles. The lowest BCUT2D eigenvalue weighted by Gasteiger charge is -2.14. The molecule has 2 nitrogen and oxygen atoms in total. The molecule has 3 aliphatic rings. The van der Waals surface area contributed by atoms with E-state index in [2.05, 4.69) is 20.9 Å². The summed E-state index contributed by atoms with van der Waals surface area (Å²) in [5.41, 5.74) is 1.02. The number of aromatic nitrogens is 1. The van der Waals surface area contributed by atoms with Crippen LogP contribution in [0.3, 0.4) is 0 Å². The van der Waals surface area contributed by atoms with E-state index in [4.69, 9.17) is 0 Å². The van der Waals surface area contributed by atoms with E-state index in [1.807, 2.05) is 18.3 Å². The highest BCUT2D eigenvalue weighted by Crippen LogP contribution is 2.70. The Hall–Kier alpha value is -0.410. The Bertz CT molecular complexity index is 444. The van der Waals surface area contributed by atoms with Gasteiger partial charge < -0.3 is 5.11 Å². The Morgan fingerprint density at radius 2 is 2.00 bits per heavy atom. The highest BCUT2D eigenvalue weighted by molar-refractivity contribution is 9.10. The SMILES string of the molecule is OC(Cc1ccc(Br)cn1)C1C2C3CCC(C3)C12. The number of aliphatic hydroxyl groups is 1. The molecule has 1 aromatic rings. The zero-order chi connectivity index (χ0) is 12.3. The van der Waals surface area contributed by atoms with Crippen LogP contribution in [0, 0.1) is 29.6 Å². The third kappa shape index (κ3) is 1.67. The summed E-state index contributed by atoms with van der Waals surface area (Å²) in [6.07, 6.45) is 6.67. The molecular weight excluding hydrogens is 290 g/mol.